The number of piperidine rings is 2. The lowest BCUT2D eigenvalue weighted by molar-refractivity contribution is -0.136. The van der Waals surface area contributed by atoms with Crippen LogP contribution in [0, 0.1) is 0 Å². The number of ether oxygens (including phenoxy) is 1. The number of anilines is 6. The van der Waals surface area contributed by atoms with Crippen molar-refractivity contribution < 1.29 is 33.3 Å². The Bertz CT molecular complexity index is 2370. The van der Waals surface area contributed by atoms with Gasteiger partial charge in [-0.05, 0) is 75.4 Å². The average Bonchev–Trinajstić information content (AvgIpc) is 3.47. The monoisotopic (exact) mass is 841 g/mol. The van der Waals surface area contributed by atoms with Crippen molar-refractivity contribution in [3.63, 3.8) is 0 Å². The number of halogens is 1. The molecule has 7 rings (SSSR count). The third-order valence-electron chi connectivity index (χ3n) is 10.5. The summed E-state index contributed by atoms with van der Waals surface area (Å²) in [4.78, 5) is 75.5. The van der Waals surface area contributed by atoms with Crippen molar-refractivity contribution in [2.75, 3.05) is 60.9 Å². The van der Waals surface area contributed by atoms with E-state index in [0.717, 1.165) is 36.5 Å². The molecule has 1 atom stereocenters. The highest BCUT2D eigenvalue weighted by atomic mass is 35.5. The lowest BCUT2D eigenvalue weighted by Crippen LogP contribution is -2.54. The molecule has 0 aliphatic carbocycles. The largest absolute Gasteiger partial charge is 0.494 e. The Morgan fingerprint density at radius 2 is 1.71 bits per heavy atom. The zero-order valence-electron chi connectivity index (χ0n) is 32.8. The van der Waals surface area contributed by atoms with Gasteiger partial charge in [-0.3, -0.25) is 34.2 Å². The molecule has 308 valence electrons. The maximum Gasteiger partial charge on any atom is 0.264 e. The molecular weight excluding hydrogens is 797 g/mol. The summed E-state index contributed by atoms with van der Waals surface area (Å²) in [5.41, 5.74) is 3.11. The second-order valence-corrected chi connectivity index (χ2v) is 18.5. The number of carbonyl (C=O) groups excluding carboxylic acids is 5. The average molecular weight is 842 g/mol. The van der Waals surface area contributed by atoms with E-state index in [9.17, 15) is 28.5 Å². The molecule has 4 heterocycles. The van der Waals surface area contributed by atoms with Crippen LogP contribution in [0.25, 0.3) is 0 Å². The summed E-state index contributed by atoms with van der Waals surface area (Å²) in [7, 11) is -0.984. The Morgan fingerprint density at radius 3 is 2.46 bits per heavy atom. The van der Waals surface area contributed by atoms with Crippen LogP contribution >= 0.6 is 18.7 Å². The van der Waals surface area contributed by atoms with Gasteiger partial charge in [-0.2, -0.15) is 4.98 Å². The summed E-state index contributed by atoms with van der Waals surface area (Å²) < 4.78 is 18.6. The van der Waals surface area contributed by atoms with Crippen LogP contribution in [0.15, 0.2) is 66.9 Å². The van der Waals surface area contributed by atoms with E-state index >= 15 is 0 Å². The molecule has 1 aromatic heterocycles. The number of amides is 5. The SMILES string of the molecule is COc1cc(N2CCC(NC(=O)CCCNc3cccc4c3C(=O)N(C3CCC(=O)NC3=O)C4=O)CC2)ccc1Nc1ncc(Cl)c(Nc2ccccc2P(C)(C)=O)n1. The highest BCUT2D eigenvalue weighted by Gasteiger charge is 2.45. The van der Waals surface area contributed by atoms with Crippen LogP contribution < -0.4 is 41.5 Å². The smallest absolute Gasteiger partial charge is 0.264 e. The normalized spacial score (nSPS) is 17.1. The maximum atomic E-state index is 13.3. The molecule has 0 bridgehead atoms. The van der Waals surface area contributed by atoms with Crippen LogP contribution in [0.5, 0.6) is 5.75 Å². The number of nitrogens with one attached hydrogen (secondary N) is 5. The number of aromatic nitrogens is 2. The number of imide groups is 2. The Morgan fingerprint density at radius 1 is 0.949 bits per heavy atom. The molecule has 2 fully saturated rings. The second-order valence-electron chi connectivity index (χ2n) is 14.9. The summed E-state index contributed by atoms with van der Waals surface area (Å²) in [6, 6.07) is 17.0. The van der Waals surface area contributed by atoms with Crippen molar-refractivity contribution in [1.29, 1.82) is 0 Å². The second kappa shape index (κ2) is 17.5. The topological polar surface area (TPSA) is 204 Å². The Hall–Kier alpha value is -5.99. The molecule has 0 spiro atoms. The van der Waals surface area contributed by atoms with Crippen molar-refractivity contribution in [1.82, 2.24) is 25.5 Å². The van der Waals surface area contributed by atoms with Crippen LogP contribution in [0.4, 0.5) is 34.5 Å². The maximum absolute atomic E-state index is 13.3. The number of hydrogen-bond acceptors (Lipinski definition) is 13. The molecule has 18 heteroatoms. The summed E-state index contributed by atoms with van der Waals surface area (Å²) in [6.07, 6.45) is 3.88. The number of rotatable bonds is 14. The first-order valence-corrected chi connectivity index (χ1v) is 22.3. The number of carbonyl (C=O) groups is 5. The van der Waals surface area contributed by atoms with Crippen molar-refractivity contribution >= 4 is 88.1 Å². The van der Waals surface area contributed by atoms with Gasteiger partial charge in [0.1, 0.15) is 24.0 Å². The summed E-state index contributed by atoms with van der Waals surface area (Å²) >= 11 is 6.45. The highest BCUT2D eigenvalue weighted by molar-refractivity contribution is 7.70. The summed E-state index contributed by atoms with van der Waals surface area (Å²) in [6.45, 7) is 5.25. The van der Waals surface area contributed by atoms with Crippen LogP contribution in [0.1, 0.15) is 59.2 Å². The van der Waals surface area contributed by atoms with Gasteiger partial charge in [0, 0.05) is 61.3 Å². The molecule has 1 unspecified atom stereocenters. The number of methoxy groups -OCH3 is 1. The van der Waals surface area contributed by atoms with E-state index in [-0.39, 0.29) is 48.3 Å². The minimum Gasteiger partial charge on any atom is -0.494 e. The Kier molecular flexibility index (Phi) is 12.2. The fourth-order valence-corrected chi connectivity index (χ4v) is 8.80. The van der Waals surface area contributed by atoms with Crippen LogP contribution in [0.3, 0.4) is 0 Å². The summed E-state index contributed by atoms with van der Waals surface area (Å²) in [5.74, 6) is -1.08. The molecule has 2 saturated heterocycles. The number of benzene rings is 3. The molecule has 3 aliphatic heterocycles. The van der Waals surface area contributed by atoms with Crippen molar-refractivity contribution in [2.45, 2.75) is 50.6 Å². The van der Waals surface area contributed by atoms with E-state index in [4.69, 9.17) is 16.3 Å². The molecule has 0 saturated carbocycles. The van der Waals surface area contributed by atoms with Gasteiger partial charge in [0.2, 0.25) is 23.7 Å². The Labute approximate surface area is 346 Å². The number of hydrogen-bond donors (Lipinski definition) is 5. The van der Waals surface area contributed by atoms with Gasteiger partial charge in [0.05, 0.1) is 35.8 Å². The standard InChI is InChI=1S/C41H45ClN9O7P/c1-58-32-22-25(13-14-28(32)47-41-44-23-27(42)37(49-41)46-29-9-4-5-11-33(29)59(2,3)57)50-20-17-24(18-21-50)45-34(52)12-7-19-43-30-10-6-8-26-36(30)40(56)51(39(26)55)31-15-16-35(53)48-38(31)54/h4-6,8-11,13-14,22-24,31,43H,7,12,15-21H2,1-3H3,(H,45,52)(H,48,53,54)(H2,44,46,47,49). The van der Waals surface area contributed by atoms with Crippen LogP contribution in [-0.2, 0) is 18.9 Å². The predicted molar refractivity (Wildman–Crippen MR) is 226 cm³/mol. The molecule has 3 aromatic carbocycles. The van der Waals surface area contributed by atoms with Gasteiger partial charge < -0.3 is 35.5 Å². The first-order chi connectivity index (χ1) is 28.3. The third kappa shape index (κ3) is 9.18. The van der Waals surface area contributed by atoms with Crippen LogP contribution in [-0.4, -0.2) is 96.6 Å². The van der Waals surface area contributed by atoms with Crippen molar-refractivity contribution in [3.05, 3.63) is 83.0 Å². The fraction of sp³-hybridized carbons (Fsp3) is 0.341. The van der Waals surface area contributed by atoms with Crippen molar-refractivity contribution in [3.8, 4) is 5.75 Å². The van der Waals surface area contributed by atoms with Crippen LogP contribution in [0.2, 0.25) is 5.02 Å². The molecule has 0 radical (unpaired) electrons. The van der Waals surface area contributed by atoms with E-state index in [0.29, 0.717) is 51.9 Å². The van der Waals surface area contributed by atoms with Gasteiger partial charge in [-0.25, -0.2) is 4.98 Å². The van der Waals surface area contributed by atoms with Gasteiger partial charge in [0.15, 0.2) is 5.82 Å². The number of fused-ring (bicyclic) bond motifs is 1. The lowest BCUT2D eigenvalue weighted by atomic mass is 10.0. The minimum atomic E-state index is -2.57. The minimum absolute atomic E-state index is 0.0206. The van der Waals surface area contributed by atoms with E-state index < -0.39 is 36.8 Å². The quantitative estimate of drug-likeness (QED) is 0.0626. The van der Waals surface area contributed by atoms with Crippen molar-refractivity contribution in [2.24, 2.45) is 0 Å². The molecule has 3 aliphatic rings. The first-order valence-electron chi connectivity index (χ1n) is 19.3. The highest BCUT2D eigenvalue weighted by Crippen LogP contribution is 2.39. The van der Waals surface area contributed by atoms with E-state index in [1.807, 2.05) is 42.5 Å². The molecule has 16 nitrogen and oxygen atoms in total. The van der Waals surface area contributed by atoms with E-state index in [2.05, 4.69) is 41.5 Å². The fourth-order valence-electron chi connectivity index (χ4n) is 7.51. The Balaban J connectivity index is 0.882. The molecule has 4 aromatic rings. The third-order valence-corrected chi connectivity index (χ3v) is 12.3. The number of para-hydroxylation sites is 1. The molecule has 5 amide bonds. The predicted octanol–water partition coefficient (Wildman–Crippen LogP) is 5.25. The van der Waals surface area contributed by atoms with Gasteiger partial charge >= 0.3 is 0 Å². The van der Waals surface area contributed by atoms with E-state index in [1.165, 1.54) is 6.20 Å². The molecule has 59 heavy (non-hydrogen) atoms. The van der Waals surface area contributed by atoms with Gasteiger partial charge in [-0.1, -0.05) is 29.8 Å². The number of nitrogens with zero attached hydrogens (tertiary/aromatic N) is 4. The van der Waals surface area contributed by atoms with E-state index in [1.54, 1.807) is 38.6 Å². The zero-order chi connectivity index (χ0) is 41.8. The zero-order valence-corrected chi connectivity index (χ0v) is 34.5. The molecular formula is C41H45ClN9O7P. The first kappa shape index (κ1) is 41.2. The van der Waals surface area contributed by atoms with Gasteiger partial charge in [-0.15, -0.1) is 0 Å². The van der Waals surface area contributed by atoms with Gasteiger partial charge in [0.25, 0.3) is 11.8 Å². The molecule has 5 N–H and O–H groups in total. The lowest BCUT2D eigenvalue weighted by Gasteiger charge is -2.34. The summed E-state index contributed by atoms with van der Waals surface area (Å²) in [5, 5.41) is 16.0.